The number of aliphatic hydroxyl groups excluding tert-OH is 1. The predicted molar refractivity (Wildman–Crippen MR) is 91.4 cm³/mol. The number of sulfonamides is 1. The van der Waals surface area contributed by atoms with Crippen molar-refractivity contribution in [1.82, 2.24) is 4.72 Å². The Bertz CT molecular complexity index is 811. The van der Waals surface area contributed by atoms with Crippen LogP contribution in [-0.2, 0) is 22.9 Å². The molecule has 7 nitrogen and oxygen atoms in total. The molecular weight excluding hydrogens is 328 g/mol. The summed E-state index contributed by atoms with van der Waals surface area (Å²) in [7, 11) is -3.60. The van der Waals surface area contributed by atoms with Gasteiger partial charge in [0.2, 0.25) is 10.0 Å². The molecule has 2 rings (SSSR count). The third-order valence-electron chi connectivity index (χ3n) is 3.44. The van der Waals surface area contributed by atoms with E-state index in [1.807, 2.05) is 24.3 Å². The summed E-state index contributed by atoms with van der Waals surface area (Å²) < 4.78 is 26.9. The first-order chi connectivity index (χ1) is 11.5. The minimum atomic E-state index is -3.60. The van der Waals surface area contributed by atoms with Gasteiger partial charge in [-0.15, -0.1) is 0 Å². The average molecular weight is 346 g/mol. The number of hydrogen-bond donors (Lipinski definition) is 2. The lowest BCUT2D eigenvalue weighted by atomic mass is 10.1. The molecule has 8 heteroatoms. The highest BCUT2D eigenvalue weighted by atomic mass is 32.2. The Kier molecular flexibility index (Phi) is 6.34. The van der Waals surface area contributed by atoms with Gasteiger partial charge in [0.15, 0.2) is 0 Å². The molecule has 2 aromatic carbocycles. The summed E-state index contributed by atoms with van der Waals surface area (Å²) in [6.45, 7) is 0.386. The standard InChI is InChI=1S/C16H18N4O3S/c17-20-19-15-5-7-16(8-6-15)24(22,23)18-11-9-13-1-3-14(4-2-13)10-12-21/h1-8,18,21H,9-12H2. The number of hydrogen-bond acceptors (Lipinski definition) is 4. The molecule has 24 heavy (non-hydrogen) atoms. The summed E-state index contributed by atoms with van der Waals surface area (Å²) in [5.41, 5.74) is 10.8. The maximum atomic E-state index is 12.2. The van der Waals surface area contributed by atoms with Crippen molar-refractivity contribution in [2.45, 2.75) is 17.7 Å². The van der Waals surface area contributed by atoms with E-state index in [4.69, 9.17) is 10.6 Å². The van der Waals surface area contributed by atoms with Gasteiger partial charge < -0.3 is 5.11 Å². The van der Waals surface area contributed by atoms with Crippen LogP contribution >= 0.6 is 0 Å². The fourth-order valence-corrected chi connectivity index (χ4v) is 3.19. The third kappa shape index (κ3) is 5.07. The van der Waals surface area contributed by atoms with E-state index in [-0.39, 0.29) is 18.0 Å². The maximum absolute atomic E-state index is 12.2. The SMILES string of the molecule is [N-]=[N+]=Nc1ccc(S(=O)(=O)NCCc2ccc(CCO)cc2)cc1. The molecule has 0 atom stereocenters. The van der Waals surface area contributed by atoms with Crippen molar-refractivity contribution in [2.24, 2.45) is 5.11 Å². The van der Waals surface area contributed by atoms with Crippen LogP contribution in [0.5, 0.6) is 0 Å². The van der Waals surface area contributed by atoms with Crippen LogP contribution < -0.4 is 4.72 Å². The van der Waals surface area contributed by atoms with Gasteiger partial charge in [-0.1, -0.05) is 41.5 Å². The number of aliphatic hydroxyl groups is 1. The largest absolute Gasteiger partial charge is 0.396 e. The Morgan fingerprint density at radius 2 is 1.58 bits per heavy atom. The molecule has 0 unspecified atom stereocenters. The van der Waals surface area contributed by atoms with Crippen molar-refractivity contribution >= 4 is 15.7 Å². The molecule has 0 aliphatic carbocycles. The van der Waals surface area contributed by atoms with E-state index in [0.717, 1.165) is 11.1 Å². The minimum Gasteiger partial charge on any atom is -0.396 e. The average Bonchev–Trinajstić information content (AvgIpc) is 2.57. The molecule has 2 N–H and O–H groups in total. The Labute approximate surface area is 140 Å². The second-order valence-corrected chi connectivity index (χ2v) is 6.89. The number of nitrogens with zero attached hydrogens (tertiary/aromatic N) is 3. The van der Waals surface area contributed by atoms with Crippen molar-refractivity contribution in [3.05, 3.63) is 70.1 Å². The quantitative estimate of drug-likeness (QED) is 0.435. The fraction of sp³-hybridized carbons (Fsp3) is 0.250. The molecule has 0 heterocycles. The van der Waals surface area contributed by atoms with Crippen molar-refractivity contribution < 1.29 is 13.5 Å². The molecule has 0 saturated carbocycles. The summed E-state index contributed by atoms with van der Waals surface area (Å²) in [4.78, 5) is 2.77. The molecule has 126 valence electrons. The van der Waals surface area contributed by atoms with E-state index in [2.05, 4.69) is 14.7 Å². The molecular formula is C16H18N4O3S. The molecule has 0 aliphatic heterocycles. The summed E-state index contributed by atoms with van der Waals surface area (Å²) in [6, 6.07) is 13.4. The van der Waals surface area contributed by atoms with E-state index < -0.39 is 10.0 Å². The minimum absolute atomic E-state index is 0.109. The molecule has 0 amide bonds. The van der Waals surface area contributed by atoms with Crippen LogP contribution in [0.2, 0.25) is 0 Å². The summed E-state index contributed by atoms with van der Waals surface area (Å²) in [5.74, 6) is 0. The van der Waals surface area contributed by atoms with E-state index in [9.17, 15) is 8.42 Å². The third-order valence-corrected chi connectivity index (χ3v) is 4.91. The van der Waals surface area contributed by atoms with Gasteiger partial charge in [0.25, 0.3) is 0 Å². The monoisotopic (exact) mass is 346 g/mol. The highest BCUT2D eigenvalue weighted by molar-refractivity contribution is 7.89. The van der Waals surface area contributed by atoms with E-state index >= 15 is 0 Å². The molecule has 0 radical (unpaired) electrons. The zero-order valence-corrected chi connectivity index (χ0v) is 13.8. The number of nitrogens with one attached hydrogen (secondary N) is 1. The number of benzene rings is 2. The first-order valence-corrected chi connectivity index (χ1v) is 8.87. The van der Waals surface area contributed by atoms with E-state index in [1.165, 1.54) is 24.3 Å². The van der Waals surface area contributed by atoms with Gasteiger partial charge in [0.1, 0.15) is 0 Å². The Hall–Kier alpha value is -2.38. The molecule has 0 spiro atoms. The molecule has 0 aromatic heterocycles. The second kappa shape index (κ2) is 8.47. The number of rotatable bonds is 8. The highest BCUT2D eigenvalue weighted by Crippen LogP contribution is 2.16. The Balaban J connectivity index is 1.93. The van der Waals surface area contributed by atoms with Crippen LogP contribution in [-0.4, -0.2) is 26.7 Å². The summed E-state index contributed by atoms with van der Waals surface area (Å²) in [6.07, 6.45) is 1.17. The molecule has 0 fully saturated rings. The first kappa shape index (κ1) is 18.0. The second-order valence-electron chi connectivity index (χ2n) is 5.12. The van der Waals surface area contributed by atoms with Gasteiger partial charge in [0, 0.05) is 23.8 Å². The predicted octanol–water partition coefficient (Wildman–Crippen LogP) is 2.68. The zero-order chi connectivity index (χ0) is 17.4. The fourth-order valence-electron chi connectivity index (χ4n) is 2.16. The lowest BCUT2D eigenvalue weighted by molar-refractivity contribution is 0.299. The molecule has 0 saturated heterocycles. The lowest BCUT2D eigenvalue weighted by Gasteiger charge is -2.07. The van der Waals surface area contributed by atoms with Crippen molar-refractivity contribution in [1.29, 1.82) is 0 Å². The van der Waals surface area contributed by atoms with E-state index in [1.54, 1.807) is 0 Å². The van der Waals surface area contributed by atoms with Gasteiger partial charge in [-0.25, -0.2) is 13.1 Å². The van der Waals surface area contributed by atoms with Crippen LogP contribution in [0, 0.1) is 0 Å². The van der Waals surface area contributed by atoms with Gasteiger partial charge in [-0.05, 0) is 41.6 Å². The first-order valence-electron chi connectivity index (χ1n) is 7.38. The molecule has 2 aromatic rings. The van der Waals surface area contributed by atoms with Crippen LogP contribution in [0.4, 0.5) is 5.69 Å². The van der Waals surface area contributed by atoms with Crippen LogP contribution in [0.25, 0.3) is 10.4 Å². The smallest absolute Gasteiger partial charge is 0.240 e. The Morgan fingerprint density at radius 1 is 1.00 bits per heavy atom. The summed E-state index contributed by atoms with van der Waals surface area (Å²) in [5, 5.41) is 12.3. The van der Waals surface area contributed by atoms with Crippen molar-refractivity contribution in [3.63, 3.8) is 0 Å². The van der Waals surface area contributed by atoms with Crippen molar-refractivity contribution in [3.8, 4) is 0 Å². The topological polar surface area (TPSA) is 115 Å². The number of azide groups is 1. The maximum Gasteiger partial charge on any atom is 0.240 e. The Morgan fingerprint density at radius 3 is 2.12 bits per heavy atom. The summed E-state index contributed by atoms with van der Waals surface area (Å²) >= 11 is 0. The molecule has 0 bridgehead atoms. The van der Waals surface area contributed by atoms with E-state index in [0.29, 0.717) is 18.5 Å². The van der Waals surface area contributed by atoms with Crippen LogP contribution in [0.3, 0.4) is 0 Å². The highest BCUT2D eigenvalue weighted by Gasteiger charge is 2.12. The van der Waals surface area contributed by atoms with Gasteiger partial charge >= 0.3 is 0 Å². The van der Waals surface area contributed by atoms with Crippen LogP contribution in [0.1, 0.15) is 11.1 Å². The molecule has 0 aliphatic rings. The normalized spacial score (nSPS) is 11.0. The zero-order valence-electron chi connectivity index (χ0n) is 13.0. The van der Waals surface area contributed by atoms with Gasteiger partial charge in [0.05, 0.1) is 4.90 Å². The van der Waals surface area contributed by atoms with Crippen molar-refractivity contribution in [2.75, 3.05) is 13.2 Å². The lowest BCUT2D eigenvalue weighted by Crippen LogP contribution is -2.25. The van der Waals surface area contributed by atoms with Crippen LogP contribution in [0.15, 0.2) is 58.5 Å². The van der Waals surface area contributed by atoms with Gasteiger partial charge in [-0.2, -0.15) is 0 Å². The van der Waals surface area contributed by atoms with Gasteiger partial charge in [-0.3, -0.25) is 0 Å².